The van der Waals surface area contributed by atoms with Crippen LogP contribution >= 0.6 is 0 Å². The molecule has 1 N–H and O–H groups in total. The highest BCUT2D eigenvalue weighted by Gasteiger charge is 2.08. The van der Waals surface area contributed by atoms with Crippen molar-refractivity contribution < 1.29 is 14.6 Å². The molecule has 3 rings (SSSR count). The fraction of sp³-hybridized carbons (Fsp3) is 0.0952. The Morgan fingerprint density at radius 3 is 2.15 bits per heavy atom. The first-order valence-corrected chi connectivity index (χ1v) is 8.08. The molecule has 0 fully saturated rings. The number of benzene rings is 2. The number of phenolic OH excluding ortho intramolecular Hbond substituents is 1. The fourth-order valence-electron chi connectivity index (χ4n) is 2.51. The number of nitrogens with zero attached hydrogens (tertiary/aromatic N) is 2. The van der Waals surface area contributed by atoms with Crippen molar-refractivity contribution in [1.29, 1.82) is 0 Å². The van der Waals surface area contributed by atoms with Crippen molar-refractivity contribution in [1.82, 2.24) is 9.97 Å². The first-order chi connectivity index (χ1) is 12.5. The molecule has 1 aromatic heterocycles. The number of ether oxygens (including phenoxy) is 1. The third-order valence-electron chi connectivity index (χ3n) is 3.88. The van der Waals surface area contributed by atoms with Gasteiger partial charge in [0, 0.05) is 0 Å². The Hall–Kier alpha value is -3.47. The molecule has 0 aliphatic carbocycles. The molecule has 0 bridgehead atoms. The highest BCUT2D eigenvalue weighted by molar-refractivity contribution is 5.91. The van der Waals surface area contributed by atoms with Crippen molar-refractivity contribution in [2.45, 2.75) is 13.8 Å². The van der Waals surface area contributed by atoms with Gasteiger partial charge >= 0.3 is 5.97 Å². The second kappa shape index (κ2) is 7.61. The van der Waals surface area contributed by atoms with Gasteiger partial charge in [0.05, 0.1) is 18.0 Å². The van der Waals surface area contributed by atoms with Crippen LogP contribution in [0.15, 0.2) is 55.1 Å². The Kier molecular flexibility index (Phi) is 5.08. The van der Waals surface area contributed by atoms with Gasteiger partial charge in [0.1, 0.15) is 12.1 Å². The van der Waals surface area contributed by atoms with E-state index in [2.05, 4.69) is 9.97 Å². The molecule has 0 aliphatic rings. The quantitative estimate of drug-likeness (QED) is 0.566. The molecule has 0 atom stereocenters. The number of carbonyl (C=O) groups excluding carboxylic acids is 1. The lowest BCUT2D eigenvalue weighted by molar-refractivity contribution is 0.0733. The zero-order valence-corrected chi connectivity index (χ0v) is 14.5. The van der Waals surface area contributed by atoms with Crippen LogP contribution in [-0.2, 0) is 0 Å². The summed E-state index contributed by atoms with van der Waals surface area (Å²) in [6.45, 7) is 3.75. The third-order valence-corrected chi connectivity index (χ3v) is 3.88. The van der Waals surface area contributed by atoms with Crippen LogP contribution in [0, 0.1) is 13.8 Å². The summed E-state index contributed by atoms with van der Waals surface area (Å²) in [7, 11) is 0. The van der Waals surface area contributed by atoms with Gasteiger partial charge in [0.25, 0.3) is 0 Å². The molecule has 26 heavy (non-hydrogen) atoms. The van der Waals surface area contributed by atoms with E-state index >= 15 is 0 Å². The van der Waals surface area contributed by atoms with E-state index in [4.69, 9.17) is 4.74 Å². The SMILES string of the molecule is Cc1cc(C=Cc2ccc(C(=O)Oc3cncnc3)cc2)cc(C)c1O. The van der Waals surface area contributed by atoms with Crippen molar-refractivity contribution in [2.75, 3.05) is 0 Å². The summed E-state index contributed by atoms with van der Waals surface area (Å²) >= 11 is 0. The number of phenols is 1. The Morgan fingerprint density at radius 2 is 1.54 bits per heavy atom. The smallest absolute Gasteiger partial charge is 0.343 e. The zero-order chi connectivity index (χ0) is 18.5. The molecule has 5 nitrogen and oxygen atoms in total. The van der Waals surface area contributed by atoms with Crippen molar-refractivity contribution in [3.8, 4) is 11.5 Å². The van der Waals surface area contributed by atoms with Gasteiger partial charge < -0.3 is 9.84 Å². The molecule has 0 amide bonds. The number of aromatic hydroxyl groups is 1. The van der Waals surface area contributed by atoms with Crippen molar-refractivity contribution in [3.05, 3.63) is 82.9 Å². The lowest BCUT2D eigenvalue weighted by Gasteiger charge is -2.05. The fourth-order valence-corrected chi connectivity index (χ4v) is 2.51. The van der Waals surface area contributed by atoms with E-state index in [0.29, 0.717) is 17.1 Å². The van der Waals surface area contributed by atoms with Crippen LogP contribution in [0.5, 0.6) is 11.5 Å². The van der Waals surface area contributed by atoms with E-state index in [0.717, 1.165) is 22.3 Å². The van der Waals surface area contributed by atoms with Crippen LogP contribution in [0.1, 0.15) is 32.6 Å². The average molecular weight is 346 g/mol. The molecule has 1 heterocycles. The second-order valence-corrected chi connectivity index (χ2v) is 5.92. The topological polar surface area (TPSA) is 72.3 Å². The van der Waals surface area contributed by atoms with Crippen molar-refractivity contribution in [2.24, 2.45) is 0 Å². The maximum atomic E-state index is 12.1. The zero-order valence-electron chi connectivity index (χ0n) is 14.5. The number of aromatic nitrogens is 2. The van der Waals surface area contributed by atoms with Gasteiger partial charge in [-0.15, -0.1) is 0 Å². The molecule has 130 valence electrons. The Morgan fingerprint density at radius 1 is 0.962 bits per heavy atom. The van der Waals surface area contributed by atoms with Crippen LogP contribution in [-0.4, -0.2) is 21.0 Å². The lowest BCUT2D eigenvalue weighted by atomic mass is 10.0. The van der Waals surface area contributed by atoms with Crippen molar-refractivity contribution in [3.63, 3.8) is 0 Å². The highest BCUT2D eigenvalue weighted by Crippen LogP contribution is 2.24. The maximum absolute atomic E-state index is 12.1. The summed E-state index contributed by atoms with van der Waals surface area (Å²) in [5, 5.41) is 9.83. The van der Waals surface area contributed by atoms with Gasteiger partial charge in [-0.05, 0) is 60.4 Å². The summed E-state index contributed by atoms with van der Waals surface area (Å²) in [6, 6.07) is 10.9. The first kappa shape index (κ1) is 17.4. The van der Waals surface area contributed by atoms with Gasteiger partial charge in [0.2, 0.25) is 0 Å². The van der Waals surface area contributed by atoms with Gasteiger partial charge in [0.15, 0.2) is 5.75 Å². The Labute approximate surface area is 151 Å². The molecule has 0 aliphatic heterocycles. The van der Waals surface area contributed by atoms with Crippen LogP contribution in [0.2, 0.25) is 0 Å². The molecular formula is C21H18N2O3. The van der Waals surface area contributed by atoms with Crippen LogP contribution in [0.4, 0.5) is 0 Å². The predicted molar refractivity (Wildman–Crippen MR) is 99.9 cm³/mol. The minimum Gasteiger partial charge on any atom is -0.507 e. The predicted octanol–water partition coefficient (Wildman–Crippen LogP) is 4.19. The van der Waals surface area contributed by atoms with Gasteiger partial charge in [-0.2, -0.15) is 0 Å². The number of rotatable bonds is 4. The summed E-state index contributed by atoms with van der Waals surface area (Å²) in [5.74, 6) is 0.175. The van der Waals surface area contributed by atoms with E-state index in [9.17, 15) is 9.90 Å². The van der Waals surface area contributed by atoms with Crippen LogP contribution in [0.3, 0.4) is 0 Å². The van der Waals surface area contributed by atoms with E-state index in [1.165, 1.54) is 18.7 Å². The molecule has 0 saturated heterocycles. The monoisotopic (exact) mass is 346 g/mol. The van der Waals surface area contributed by atoms with E-state index in [1.807, 2.05) is 50.3 Å². The normalized spacial score (nSPS) is 10.8. The largest absolute Gasteiger partial charge is 0.507 e. The maximum Gasteiger partial charge on any atom is 0.343 e. The van der Waals surface area contributed by atoms with Gasteiger partial charge in [-0.1, -0.05) is 24.3 Å². The third kappa shape index (κ3) is 4.13. The van der Waals surface area contributed by atoms with Crippen LogP contribution < -0.4 is 4.74 Å². The molecule has 0 spiro atoms. The molecule has 3 aromatic rings. The molecule has 5 heteroatoms. The Bertz CT molecular complexity index is 926. The Balaban J connectivity index is 1.70. The standard InChI is InChI=1S/C21H18N2O3/c1-14-9-17(10-15(2)20(14)24)4-3-16-5-7-18(8-6-16)21(25)26-19-11-22-13-23-12-19/h3-13,24H,1-2H3. The number of carbonyl (C=O) groups is 1. The minimum atomic E-state index is -0.458. The minimum absolute atomic E-state index is 0.305. The molecular weight excluding hydrogens is 328 g/mol. The second-order valence-electron chi connectivity index (χ2n) is 5.92. The molecule has 0 unspecified atom stereocenters. The van der Waals surface area contributed by atoms with Crippen LogP contribution in [0.25, 0.3) is 12.2 Å². The summed E-state index contributed by atoms with van der Waals surface area (Å²) in [4.78, 5) is 19.7. The number of esters is 1. The molecule has 2 aromatic carbocycles. The van der Waals surface area contributed by atoms with E-state index in [1.54, 1.807) is 12.1 Å². The number of hydrogen-bond acceptors (Lipinski definition) is 5. The summed E-state index contributed by atoms with van der Waals surface area (Å²) in [6.07, 6.45) is 8.16. The van der Waals surface area contributed by atoms with E-state index in [-0.39, 0.29) is 0 Å². The van der Waals surface area contributed by atoms with E-state index < -0.39 is 5.97 Å². The highest BCUT2D eigenvalue weighted by atomic mass is 16.5. The van der Waals surface area contributed by atoms with Crippen molar-refractivity contribution >= 4 is 18.1 Å². The summed E-state index contributed by atoms with van der Waals surface area (Å²) < 4.78 is 5.20. The molecule has 0 saturated carbocycles. The van der Waals surface area contributed by atoms with Gasteiger partial charge in [-0.3, -0.25) is 0 Å². The average Bonchev–Trinajstić information content (AvgIpc) is 2.65. The number of aryl methyl sites for hydroxylation is 2. The number of hydrogen-bond donors (Lipinski definition) is 1. The summed E-state index contributed by atoms with van der Waals surface area (Å²) in [5.41, 5.74) is 4.08. The molecule has 0 radical (unpaired) electrons. The van der Waals surface area contributed by atoms with Gasteiger partial charge in [-0.25, -0.2) is 14.8 Å². The lowest BCUT2D eigenvalue weighted by Crippen LogP contribution is -2.08. The first-order valence-electron chi connectivity index (χ1n) is 8.08.